The monoisotopic (exact) mass is 393 g/mol. The minimum absolute atomic E-state index is 1.24. The number of hydrogen-bond donors (Lipinski definition) is 2. The topological polar surface area (TPSA) is 46.2 Å². The van der Waals surface area contributed by atoms with Crippen molar-refractivity contribution in [3.05, 3.63) is 0 Å². The molecule has 0 aliphatic carbocycles. The summed E-state index contributed by atoms with van der Waals surface area (Å²) in [6, 6.07) is 0. The summed E-state index contributed by atoms with van der Waals surface area (Å²) in [7, 11) is 0. The largest absolute Gasteiger partial charge is 0.460 e. The van der Waals surface area contributed by atoms with Gasteiger partial charge in [0.15, 0.2) is 0 Å². The van der Waals surface area contributed by atoms with Crippen molar-refractivity contribution in [1.29, 1.82) is 0 Å². The Labute approximate surface area is 124 Å². The van der Waals surface area contributed by atoms with Gasteiger partial charge in [-0.2, -0.15) is 57.1 Å². The van der Waals surface area contributed by atoms with E-state index in [-0.39, 0.29) is 0 Å². The van der Waals surface area contributed by atoms with Crippen molar-refractivity contribution in [1.82, 2.24) is 0 Å². The molecule has 0 aromatic carbocycles. The zero-order valence-electron chi connectivity index (χ0n) is 10.9. The van der Waals surface area contributed by atoms with E-state index in [2.05, 4.69) is 5.73 Å². The Balaban J connectivity index is 6.11. The Bertz CT molecular complexity index is 443. The number of halogens is 13. The maximum Gasteiger partial charge on any atom is 0.460 e. The molecule has 0 spiro atoms. The summed E-state index contributed by atoms with van der Waals surface area (Å²) in [4.78, 5) is 0. The van der Waals surface area contributed by atoms with Gasteiger partial charge in [-0.25, -0.2) is 0 Å². The quantitative estimate of drug-likeness (QED) is 0.652. The van der Waals surface area contributed by atoms with Gasteiger partial charge in [0.1, 0.15) is 0 Å². The lowest BCUT2D eigenvalue weighted by Crippen LogP contribution is -2.70. The first-order valence-electron chi connectivity index (χ1n) is 5.54. The normalized spacial score (nSPS) is 17.1. The zero-order chi connectivity index (χ0) is 20.0. The van der Waals surface area contributed by atoms with Gasteiger partial charge in [0.25, 0.3) is 0 Å². The molecule has 146 valence electrons. The minimum atomic E-state index is -7.93. The average molecular weight is 393 g/mol. The van der Waals surface area contributed by atoms with Crippen LogP contribution in [0.5, 0.6) is 0 Å². The molecule has 0 rings (SSSR count). The molecule has 15 heteroatoms. The molecular formula is C9H8F13NO. The lowest BCUT2D eigenvalue weighted by molar-refractivity contribution is -0.440. The number of hydrogen-bond acceptors (Lipinski definition) is 2. The number of aliphatic hydroxyl groups is 1. The summed E-state index contributed by atoms with van der Waals surface area (Å²) in [5, 5.41) is 8.62. The molecule has 2 nitrogen and oxygen atoms in total. The van der Waals surface area contributed by atoms with Crippen molar-refractivity contribution in [2.45, 2.75) is 48.3 Å². The Hall–Kier alpha value is -0.990. The van der Waals surface area contributed by atoms with Gasteiger partial charge in [0.05, 0.1) is 6.10 Å². The van der Waals surface area contributed by atoms with Gasteiger partial charge in [-0.3, -0.25) is 0 Å². The van der Waals surface area contributed by atoms with Crippen molar-refractivity contribution in [3.8, 4) is 0 Å². The molecule has 0 aliphatic heterocycles. The minimum Gasteiger partial charge on any atom is -0.392 e. The van der Waals surface area contributed by atoms with Gasteiger partial charge in [0, 0.05) is 13.0 Å². The molecular weight excluding hydrogens is 385 g/mol. The zero-order valence-corrected chi connectivity index (χ0v) is 10.9. The SMILES string of the molecule is NC[C@H](O)CC(F)(F)C(F)(F)C(F)(F)C(F)(F)C(F)(F)C(F)(F)F. The molecule has 0 aromatic rings. The van der Waals surface area contributed by atoms with Crippen LogP contribution in [0.2, 0.25) is 0 Å². The van der Waals surface area contributed by atoms with E-state index in [9.17, 15) is 57.1 Å². The summed E-state index contributed by atoms with van der Waals surface area (Å²) < 4.78 is 164. The summed E-state index contributed by atoms with van der Waals surface area (Å²) in [5.41, 5.74) is 4.51. The van der Waals surface area contributed by atoms with E-state index >= 15 is 0 Å². The second kappa shape index (κ2) is 6.07. The van der Waals surface area contributed by atoms with E-state index < -0.39 is 54.9 Å². The van der Waals surface area contributed by atoms with Crippen LogP contribution in [0, 0.1) is 0 Å². The Kier molecular flexibility index (Phi) is 5.82. The maximum absolute atomic E-state index is 13.1. The molecule has 0 fully saturated rings. The fraction of sp³-hybridized carbons (Fsp3) is 1.00. The predicted molar refractivity (Wildman–Crippen MR) is 50.5 cm³/mol. The van der Waals surface area contributed by atoms with E-state index in [4.69, 9.17) is 5.11 Å². The van der Waals surface area contributed by atoms with Gasteiger partial charge >= 0.3 is 35.8 Å². The van der Waals surface area contributed by atoms with Crippen LogP contribution in [0.25, 0.3) is 0 Å². The van der Waals surface area contributed by atoms with E-state index in [1.54, 1.807) is 0 Å². The van der Waals surface area contributed by atoms with Gasteiger partial charge in [-0.05, 0) is 0 Å². The Morgan fingerprint density at radius 3 is 1.25 bits per heavy atom. The third kappa shape index (κ3) is 3.23. The second-order valence-electron chi connectivity index (χ2n) is 4.59. The van der Waals surface area contributed by atoms with E-state index in [0.29, 0.717) is 0 Å². The van der Waals surface area contributed by atoms with E-state index in [0.717, 1.165) is 0 Å². The van der Waals surface area contributed by atoms with E-state index in [1.807, 2.05) is 0 Å². The van der Waals surface area contributed by atoms with Crippen molar-refractivity contribution >= 4 is 0 Å². The van der Waals surface area contributed by atoms with Crippen LogP contribution in [0.4, 0.5) is 57.1 Å². The molecule has 0 amide bonds. The Morgan fingerprint density at radius 2 is 0.958 bits per heavy atom. The highest BCUT2D eigenvalue weighted by Crippen LogP contribution is 2.60. The molecule has 1 atom stereocenters. The van der Waals surface area contributed by atoms with Crippen molar-refractivity contribution < 1.29 is 62.2 Å². The van der Waals surface area contributed by atoms with Gasteiger partial charge < -0.3 is 10.8 Å². The molecule has 0 aliphatic rings. The molecule has 0 saturated heterocycles. The fourth-order valence-corrected chi connectivity index (χ4v) is 1.31. The summed E-state index contributed by atoms with van der Waals surface area (Å²) in [6.45, 7) is -1.24. The highest BCUT2D eigenvalue weighted by atomic mass is 19.4. The highest BCUT2D eigenvalue weighted by molar-refractivity contribution is 5.10. The summed E-state index contributed by atoms with van der Waals surface area (Å²) in [6.07, 6.45) is -12.8. The first-order valence-corrected chi connectivity index (χ1v) is 5.54. The first-order chi connectivity index (χ1) is 10.2. The van der Waals surface area contributed by atoms with Crippen molar-refractivity contribution in [2.75, 3.05) is 6.54 Å². The third-order valence-corrected chi connectivity index (χ3v) is 2.76. The Morgan fingerprint density at radius 1 is 0.625 bits per heavy atom. The van der Waals surface area contributed by atoms with Gasteiger partial charge in [-0.15, -0.1) is 0 Å². The average Bonchev–Trinajstić information content (AvgIpc) is 2.35. The molecule has 0 radical (unpaired) electrons. The maximum atomic E-state index is 13.1. The molecule has 0 saturated carbocycles. The molecule has 0 aromatic heterocycles. The molecule has 0 unspecified atom stereocenters. The third-order valence-electron chi connectivity index (χ3n) is 2.76. The fourth-order valence-electron chi connectivity index (χ4n) is 1.31. The van der Waals surface area contributed by atoms with Crippen LogP contribution in [-0.2, 0) is 0 Å². The van der Waals surface area contributed by atoms with Crippen molar-refractivity contribution in [2.24, 2.45) is 5.73 Å². The van der Waals surface area contributed by atoms with Crippen LogP contribution in [0.3, 0.4) is 0 Å². The predicted octanol–water partition coefficient (Wildman–Crippen LogP) is 3.43. The van der Waals surface area contributed by atoms with Crippen LogP contribution in [0.1, 0.15) is 6.42 Å². The lowest BCUT2D eigenvalue weighted by atomic mass is 9.91. The summed E-state index contributed by atoms with van der Waals surface area (Å²) in [5.74, 6) is -37.2. The standard InChI is InChI=1S/C9H8F13NO/c10-4(11,1-3(24)2-23)5(12,13)6(14,15)7(16,17)8(18,19)9(20,21)22/h3,24H,1-2,23H2/t3-/m1/s1. The molecule has 0 bridgehead atoms. The second-order valence-corrected chi connectivity index (χ2v) is 4.59. The number of alkyl halides is 13. The van der Waals surface area contributed by atoms with Crippen LogP contribution in [-0.4, -0.2) is 53.5 Å². The smallest absolute Gasteiger partial charge is 0.392 e. The summed E-state index contributed by atoms with van der Waals surface area (Å²) >= 11 is 0. The van der Waals surface area contributed by atoms with Gasteiger partial charge in [-0.1, -0.05) is 0 Å². The molecule has 24 heavy (non-hydrogen) atoms. The number of aliphatic hydroxyl groups excluding tert-OH is 1. The number of rotatable bonds is 7. The molecule has 0 heterocycles. The van der Waals surface area contributed by atoms with E-state index in [1.165, 1.54) is 0 Å². The highest BCUT2D eigenvalue weighted by Gasteiger charge is 2.90. The molecule has 3 N–H and O–H groups in total. The van der Waals surface area contributed by atoms with Gasteiger partial charge in [0.2, 0.25) is 0 Å². The van der Waals surface area contributed by atoms with Crippen LogP contribution in [0.15, 0.2) is 0 Å². The van der Waals surface area contributed by atoms with Crippen LogP contribution >= 0.6 is 0 Å². The number of nitrogens with two attached hydrogens (primary N) is 1. The first kappa shape index (κ1) is 23.0. The lowest BCUT2D eigenvalue weighted by Gasteiger charge is -2.40. The van der Waals surface area contributed by atoms with Crippen LogP contribution < -0.4 is 5.73 Å². The van der Waals surface area contributed by atoms with Crippen molar-refractivity contribution in [3.63, 3.8) is 0 Å².